The Bertz CT molecular complexity index is 1070. The Labute approximate surface area is 153 Å². The third-order valence-electron chi connectivity index (χ3n) is 3.80. The van der Waals surface area contributed by atoms with Gasteiger partial charge in [-0.05, 0) is 42.8 Å². The maximum absolute atomic E-state index is 12.2. The van der Waals surface area contributed by atoms with Crippen molar-refractivity contribution in [2.24, 2.45) is 4.99 Å². The van der Waals surface area contributed by atoms with Gasteiger partial charge < -0.3 is 10.1 Å². The fourth-order valence-electron chi connectivity index (χ4n) is 2.56. The van der Waals surface area contributed by atoms with Gasteiger partial charge in [-0.1, -0.05) is 6.07 Å². The van der Waals surface area contributed by atoms with Crippen molar-refractivity contribution in [3.63, 3.8) is 0 Å². The molecule has 0 fully saturated rings. The molecule has 0 atom stereocenters. The topological polar surface area (TPSA) is 88.5 Å². The van der Waals surface area contributed by atoms with Gasteiger partial charge in [0.1, 0.15) is 11.4 Å². The lowest BCUT2D eigenvalue weighted by atomic mass is 10.2. The average Bonchev–Trinajstić information content (AvgIpc) is 3.23. The molecule has 0 saturated heterocycles. The molecule has 0 unspecified atom stereocenters. The van der Waals surface area contributed by atoms with Crippen molar-refractivity contribution in [3.8, 4) is 5.88 Å². The number of carbonyl (C=O) groups excluding carboxylic acids is 1. The molecule has 0 saturated carbocycles. The number of benzene rings is 1. The highest BCUT2D eigenvalue weighted by Crippen LogP contribution is 2.24. The molecule has 4 rings (SSSR count). The first-order valence-corrected chi connectivity index (χ1v) is 8.74. The van der Waals surface area contributed by atoms with Crippen molar-refractivity contribution in [1.82, 2.24) is 15.3 Å². The van der Waals surface area contributed by atoms with E-state index in [1.165, 1.54) is 0 Å². The van der Waals surface area contributed by atoms with Crippen molar-refractivity contribution >= 4 is 45.2 Å². The maximum atomic E-state index is 12.2. The van der Waals surface area contributed by atoms with Gasteiger partial charge >= 0.3 is 0 Å². The number of thiazole rings is 1. The van der Waals surface area contributed by atoms with Gasteiger partial charge in [0.2, 0.25) is 11.8 Å². The number of fused-ring (bicyclic) bond motifs is 1. The third kappa shape index (κ3) is 3.14. The number of guanidine groups is 1. The summed E-state index contributed by atoms with van der Waals surface area (Å²) in [6.45, 7) is 1.88. The van der Waals surface area contributed by atoms with Crippen molar-refractivity contribution in [2.45, 2.75) is 6.92 Å². The van der Waals surface area contributed by atoms with Crippen LogP contribution < -0.4 is 15.4 Å². The Balaban J connectivity index is 1.60. The van der Waals surface area contributed by atoms with Crippen LogP contribution in [0.4, 0.5) is 5.69 Å². The normalized spacial score (nSPS) is 15.2. The number of carbonyl (C=O) groups is 1. The molecule has 3 heterocycles. The number of anilines is 1. The highest BCUT2D eigenvalue weighted by Gasteiger charge is 2.21. The number of rotatable bonds is 3. The molecule has 1 amide bonds. The van der Waals surface area contributed by atoms with Crippen molar-refractivity contribution in [2.75, 3.05) is 12.4 Å². The number of ether oxygens (including phenoxy) is 1. The fraction of sp³-hybridized carbons (Fsp3) is 0.111. The number of pyridine rings is 1. The Morgan fingerprint density at radius 2 is 2.15 bits per heavy atom. The van der Waals surface area contributed by atoms with Gasteiger partial charge in [-0.2, -0.15) is 0 Å². The second kappa shape index (κ2) is 6.57. The van der Waals surface area contributed by atoms with Crippen LogP contribution in [0, 0.1) is 6.92 Å². The summed E-state index contributed by atoms with van der Waals surface area (Å²) in [6, 6.07) is 9.51. The Morgan fingerprint density at radius 1 is 1.27 bits per heavy atom. The van der Waals surface area contributed by atoms with Crippen LogP contribution >= 0.6 is 11.3 Å². The Hall–Kier alpha value is -3.26. The minimum absolute atomic E-state index is 0.268. The molecule has 8 heteroatoms. The lowest BCUT2D eigenvalue weighted by molar-refractivity contribution is -0.115. The lowest BCUT2D eigenvalue weighted by Crippen LogP contribution is -2.30. The van der Waals surface area contributed by atoms with Gasteiger partial charge in [0, 0.05) is 5.69 Å². The lowest BCUT2D eigenvalue weighted by Gasteiger charge is -2.09. The molecule has 0 aliphatic carbocycles. The van der Waals surface area contributed by atoms with Gasteiger partial charge in [-0.3, -0.25) is 10.1 Å². The van der Waals surface area contributed by atoms with E-state index in [0.29, 0.717) is 23.2 Å². The number of nitrogens with one attached hydrogen (secondary N) is 2. The fourth-order valence-corrected chi connectivity index (χ4v) is 3.28. The predicted molar refractivity (Wildman–Crippen MR) is 102 cm³/mol. The van der Waals surface area contributed by atoms with Gasteiger partial charge in [0.25, 0.3) is 5.91 Å². The molecular weight excluding hydrogens is 350 g/mol. The Morgan fingerprint density at radius 3 is 3.00 bits per heavy atom. The summed E-state index contributed by atoms with van der Waals surface area (Å²) in [4.78, 5) is 25.1. The van der Waals surface area contributed by atoms with E-state index in [1.54, 1.807) is 30.0 Å². The second-order valence-electron chi connectivity index (χ2n) is 5.66. The molecule has 2 aromatic heterocycles. The summed E-state index contributed by atoms with van der Waals surface area (Å²) in [6.07, 6.45) is 1.74. The van der Waals surface area contributed by atoms with E-state index in [2.05, 4.69) is 25.6 Å². The number of nitrogens with zero attached hydrogens (tertiary/aromatic N) is 3. The van der Waals surface area contributed by atoms with Crippen LogP contribution in [0.1, 0.15) is 11.3 Å². The molecule has 2 N–H and O–H groups in total. The van der Waals surface area contributed by atoms with Crippen LogP contribution in [0.15, 0.2) is 46.5 Å². The van der Waals surface area contributed by atoms with Crippen LogP contribution in [-0.2, 0) is 4.79 Å². The number of hydrogen-bond acceptors (Lipinski definition) is 7. The first-order valence-electron chi connectivity index (χ1n) is 7.86. The van der Waals surface area contributed by atoms with Crippen LogP contribution in [0.2, 0.25) is 0 Å². The first kappa shape index (κ1) is 16.2. The standard InChI is InChI=1S/C18H15N5O2S/c1-10-3-5-13(17(20-10)25-2)21-18-22-14(16(24)23-18)7-11-4-6-12-15(8-11)26-9-19-12/h3-9H,1-2H3,(H2,21,22,23,24)/b14-7-. The minimum atomic E-state index is -0.268. The summed E-state index contributed by atoms with van der Waals surface area (Å²) < 4.78 is 6.32. The van der Waals surface area contributed by atoms with E-state index in [1.807, 2.05) is 37.3 Å². The zero-order valence-corrected chi connectivity index (χ0v) is 14.9. The number of aromatic nitrogens is 2. The second-order valence-corrected chi connectivity index (χ2v) is 6.54. The average molecular weight is 365 g/mol. The van der Waals surface area contributed by atoms with E-state index in [4.69, 9.17) is 4.74 Å². The zero-order valence-electron chi connectivity index (χ0n) is 14.1. The number of amides is 1. The van der Waals surface area contributed by atoms with Gasteiger partial charge in [-0.15, -0.1) is 11.3 Å². The maximum Gasteiger partial charge on any atom is 0.276 e. The van der Waals surface area contributed by atoms with E-state index >= 15 is 0 Å². The predicted octanol–water partition coefficient (Wildman–Crippen LogP) is 2.95. The highest BCUT2D eigenvalue weighted by molar-refractivity contribution is 7.16. The van der Waals surface area contributed by atoms with Crippen LogP contribution in [0.3, 0.4) is 0 Å². The number of aryl methyl sites for hydroxylation is 1. The Kier molecular flexibility index (Phi) is 4.10. The number of hydrogen-bond donors (Lipinski definition) is 2. The van der Waals surface area contributed by atoms with E-state index < -0.39 is 0 Å². The number of aliphatic imine (C=N–C) groups is 1. The van der Waals surface area contributed by atoms with Crippen molar-refractivity contribution < 1.29 is 9.53 Å². The molecule has 1 aliphatic rings. The van der Waals surface area contributed by atoms with Crippen LogP contribution in [-0.4, -0.2) is 28.9 Å². The summed E-state index contributed by atoms with van der Waals surface area (Å²) in [7, 11) is 1.54. The quantitative estimate of drug-likeness (QED) is 0.697. The monoisotopic (exact) mass is 365 g/mol. The van der Waals surface area contributed by atoms with E-state index in [-0.39, 0.29) is 5.91 Å². The molecule has 1 aliphatic heterocycles. The minimum Gasteiger partial charge on any atom is -0.480 e. The first-order chi connectivity index (χ1) is 12.6. The summed E-state index contributed by atoms with van der Waals surface area (Å²) in [5.74, 6) is 0.509. The summed E-state index contributed by atoms with van der Waals surface area (Å²) in [5, 5.41) is 5.75. The van der Waals surface area contributed by atoms with E-state index in [0.717, 1.165) is 21.5 Å². The largest absolute Gasteiger partial charge is 0.480 e. The molecule has 130 valence electrons. The third-order valence-corrected chi connectivity index (χ3v) is 4.59. The molecule has 3 aromatic rings. The zero-order chi connectivity index (χ0) is 18.1. The summed E-state index contributed by atoms with van der Waals surface area (Å²) >= 11 is 1.56. The molecule has 0 radical (unpaired) electrons. The molecule has 0 bridgehead atoms. The molecule has 0 spiro atoms. The highest BCUT2D eigenvalue weighted by atomic mass is 32.1. The van der Waals surface area contributed by atoms with E-state index in [9.17, 15) is 4.79 Å². The van der Waals surface area contributed by atoms with Gasteiger partial charge in [-0.25, -0.2) is 15.0 Å². The van der Waals surface area contributed by atoms with Crippen LogP contribution in [0.5, 0.6) is 5.88 Å². The van der Waals surface area contributed by atoms with Crippen molar-refractivity contribution in [1.29, 1.82) is 0 Å². The molecule has 26 heavy (non-hydrogen) atoms. The number of methoxy groups -OCH3 is 1. The van der Waals surface area contributed by atoms with Gasteiger partial charge in [0.15, 0.2) is 0 Å². The summed E-state index contributed by atoms with van der Waals surface area (Å²) in [5.41, 5.74) is 5.43. The molecular formula is C18H15N5O2S. The van der Waals surface area contributed by atoms with Crippen molar-refractivity contribution in [3.05, 3.63) is 52.8 Å². The van der Waals surface area contributed by atoms with Crippen LogP contribution in [0.25, 0.3) is 16.3 Å². The SMILES string of the molecule is COc1nc(C)ccc1NC1=N/C(=C\c2ccc3ncsc3c2)C(=O)N1. The van der Waals surface area contributed by atoms with Gasteiger partial charge in [0.05, 0.1) is 22.8 Å². The molecule has 7 nitrogen and oxygen atoms in total. The molecule has 1 aromatic carbocycles. The smallest absolute Gasteiger partial charge is 0.276 e.